The van der Waals surface area contributed by atoms with Gasteiger partial charge in [0.2, 0.25) is 0 Å². The van der Waals surface area contributed by atoms with Gasteiger partial charge in [-0.15, -0.1) is 0 Å². The molecule has 5 heterocycles. The van der Waals surface area contributed by atoms with Crippen molar-refractivity contribution < 1.29 is 57.6 Å². The number of carbonyl (C=O) groups excluding carboxylic acids is 1. The molecule has 1 aromatic carbocycles. The third kappa shape index (κ3) is 11.7. The van der Waals surface area contributed by atoms with Crippen molar-refractivity contribution in [1.82, 2.24) is 10.2 Å². The SMILES string of the molecule is CC[C@H]1OC(=O)C(C)C(O[C@H]2C[C@@](C)(OC)[C@@H](OCc3ccccc3)[C@H](C)O2)[C@H](C)[C@@H](O[C@@H]2O[C@H](C)C[C@H](N(C)C)[C@H]2O)[C@@]2(C)C[C@@H](C)CN[C@H](C)[C@@H](O/C=C/CO2)[C@]1(C)O. The summed E-state index contributed by atoms with van der Waals surface area (Å²) >= 11 is 0. The molecule has 18 atom stereocenters. The van der Waals surface area contributed by atoms with E-state index < -0.39 is 89.9 Å². The predicted molar refractivity (Wildman–Crippen MR) is 230 cm³/mol. The van der Waals surface area contributed by atoms with E-state index in [1.807, 2.05) is 97.8 Å². The summed E-state index contributed by atoms with van der Waals surface area (Å²) in [4.78, 5) is 16.7. The van der Waals surface area contributed by atoms with Crippen LogP contribution in [0.2, 0.25) is 0 Å². The number of nitrogens with one attached hydrogen (secondary N) is 1. The molecule has 0 aliphatic carbocycles. The van der Waals surface area contributed by atoms with Crippen molar-refractivity contribution in [2.24, 2.45) is 17.8 Å². The van der Waals surface area contributed by atoms with Gasteiger partial charge in [0, 0.05) is 31.5 Å². The Morgan fingerprint density at radius 2 is 1.67 bits per heavy atom. The highest BCUT2D eigenvalue weighted by atomic mass is 16.7. The summed E-state index contributed by atoms with van der Waals surface area (Å²) in [7, 11) is 5.54. The van der Waals surface area contributed by atoms with Crippen molar-refractivity contribution in [1.29, 1.82) is 0 Å². The Hall–Kier alpha value is -2.21. The largest absolute Gasteiger partial charge is 0.493 e. The predicted octanol–water partition coefficient (Wildman–Crippen LogP) is 5.36. The number of nitrogens with zero attached hydrogens (tertiary/aromatic N) is 1. The second kappa shape index (κ2) is 21.2. The first kappa shape index (κ1) is 49.8. The summed E-state index contributed by atoms with van der Waals surface area (Å²) in [6.45, 7) is 20.4. The Morgan fingerprint density at radius 1 is 0.967 bits per heavy atom. The molecule has 2 bridgehead atoms. The molecule has 5 aliphatic heterocycles. The van der Waals surface area contributed by atoms with Crippen LogP contribution >= 0.6 is 0 Å². The van der Waals surface area contributed by atoms with Crippen molar-refractivity contribution in [2.45, 2.75) is 192 Å². The van der Waals surface area contributed by atoms with Crippen LogP contribution in [-0.4, -0.2) is 146 Å². The molecule has 3 fully saturated rings. The summed E-state index contributed by atoms with van der Waals surface area (Å²) in [5.74, 6) is -2.02. The number of hydrogen-bond donors (Lipinski definition) is 3. The zero-order chi connectivity index (χ0) is 44.9. The summed E-state index contributed by atoms with van der Waals surface area (Å²) in [6.07, 6.45) is -2.25. The number of methoxy groups -OCH3 is 1. The fraction of sp³-hybridized carbons (Fsp3) is 0.809. The number of fused-ring (bicyclic) bond motifs is 14. The van der Waals surface area contributed by atoms with E-state index in [1.165, 1.54) is 0 Å². The normalized spacial score (nSPS) is 45.0. The molecule has 0 saturated carbocycles. The fourth-order valence-corrected chi connectivity index (χ4v) is 10.2. The lowest BCUT2D eigenvalue weighted by atomic mass is 9.77. The van der Waals surface area contributed by atoms with Crippen LogP contribution in [0.4, 0.5) is 0 Å². The Bertz CT molecular complexity index is 1550. The molecule has 6 rings (SSSR count). The highest BCUT2D eigenvalue weighted by Crippen LogP contribution is 2.42. The summed E-state index contributed by atoms with van der Waals surface area (Å²) in [5, 5.41) is 27.7. The second-order valence-corrected chi connectivity index (χ2v) is 19.2. The molecular weight excluding hydrogens is 785 g/mol. The van der Waals surface area contributed by atoms with Gasteiger partial charge in [0.15, 0.2) is 12.6 Å². The molecule has 14 heteroatoms. The molecule has 0 aromatic heterocycles. The topological polar surface area (TPSA) is 156 Å². The number of esters is 1. The van der Waals surface area contributed by atoms with Gasteiger partial charge in [-0.3, -0.25) is 4.79 Å². The number of carbonyl (C=O) groups is 1. The molecule has 2 unspecified atom stereocenters. The monoisotopic (exact) mass is 863 g/mol. The first-order chi connectivity index (χ1) is 28.7. The van der Waals surface area contributed by atoms with E-state index in [-0.39, 0.29) is 30.7 Å². The number of ether oxygens (including phenoxy) is 9. The van der Waals surface area contributed by atoms with Crippen LogP contribution in [0.3, 0.4) is 0 Å². The molecule has 3 saturated heterocycles. The molecule has 348 valence electrons. The van der Waals surface area contributed by atoms with Crippen molar-refractivity contribution in [3.63, 3.8) is 0 Å². The average molecular weight is 863 g/mol. The van der Waals surface area contributed by atoms with E-state index in [0.29, 0.717) is 38.8 Å². The molecular formula is C47H78N2O12. The standard InChI is InChI=1S/C47H78N2O12/c1-14-36-47(10,52)41-32(6)48-26-28(2)24-46(9,56-22-18-21-54-41)40(61-44-38(50)35(49(11)12)23-29(3)57-44)30(4)39(31(5)43(51)59-36)60-37-25-45(8,53-13)42(33(7)58-37)55-27-34-19-16-15-17-20-34/h15-21,28-33,35-42,44,48,50,52H,14,22-27H2,1-13H3/b21-18+/t28-,29-,30+,31?,32-,33+,35+,36-,37+,38-,39?,40-,41-,42+,44+,45-,46-,47-/m1/s1. The van der Waals surface area contributed by atoms with Crippen molar-refractivity contribution in [2.75, 3.05) is 34.4 Å². The lowest BCUT2D eigenvalue weighted by Gasteiger charge is -2.50. The zero-order valence-corrected chi connectivity index (χ0v) is 39.1. The molecule has 1 aromatic rings. The van der Waals surface area contributed by atoms with Crippen LogP contribution in [0.15, 0.2) is 42.7 Å². The maximum absolute atomic E-state index is 14.7. The second-order valence-electron chi connectivity index (χ2n) is 19.2. The Labute approximate surface area is 365 Å². The van der Waals surface area contributed by atoms with Gasteiger partial charge in [0.1, 0.15) is 30.0 Å². The van der Waals surface area contributed by atoms with Gasteiger partial charge in [-0.1, -0.05) is 51.1 Å². The Morgan fingerprint density at radius 3 is 2.33 bits per heavy atom. The van der Waals surface area contributed by atoms with E-state index in [0.717, 1.165) is 5.56 Å². The van der Waals surface area contributed by atoms with E-state index in [1.54, 1.807) is 33.3 Å². The molecule has 14 nitrogen and oxygen atoms in total. The van der Waals surface area contributed by atoms with Gasteiger partial charge in [-0.2, -0.15) is 0 Å². The highest BCUT2D eigenvalue weighted by molar-refractivity contribution is 5.73. The molecule has 5 aliphatic rings. The van der Waals surface area contributed by atoms with Crippen molar-refractivity contribution in [3.8, 4) is 0 Å². The lowest BCUT2D eigenvalue weighted by Crippen LogP contribution is -2.61. The highest BCUT2D eigenvalue weighted by Gasteiger charge is 2.54. The molecule has 0 amide bonds. The van der Waals surface area contributed by atoms with Gasteiger partial charge in [0.05, 0.1) is 61.0 Å². The number of hydrogen-bond acceptors (Lipinski definition) is 14. The van der Waals surface area contributed by atoms with Crippen LogP contribution in [0, 0.1) is 17.8 Å². The number of aliphatic hydroxyl groups is 2. The molecule has 3 N–H and O–H groups in total. The van der Waals surface area contributed by atoms with Gasteiger partial charge in [-0.05, 0) is 106 Å². The van der Waals surface area contributed by atoms with Gasteiger partial charge < -0.3 is 63.1 Å². The minimum Gasteiger partial charge on any atom is -0.493 e. The molecule has 61 heavy (non-hydrogen) atoms. The third-order valence-electron chi connectivity index (χ3n) is 13.7. The lowest BCUT2D eigenvalue weighted by molar-refractivity contribution is -0.323. The van der Waals surface area contributed by atoms with E-state index in [2.05, 4.69) is 12.2 Å². The summed E-state index contributed by atoms with van der Waals surface area (Å²) < 4.78 is 59.5. The van der Waals surface area contributed by atoms with Crippen LogP contribution in [0.5, 0.6) is 0 Å². The number of benzene rings is 1. The van der Waals surface area contributed by atoms with Gasteiger partial charge in [-0.25, -0.2) is 0 Å². The van der Waals surface area contributed by atoms with Crippen LogP contribution in [-0.2, 0) is 54.0 Å². The van der Waals surface area contributed by atoms with E-state index in [9.17, 15) is 15.0 Å². The van der Waals surface area contributed by atoms with Gasteiger partial charge in [0.25, 0.3) is 0 Å². The third-order valence-corrected chi connectivity index (χ3v) is 13.7. The average Bonchev–Trinajstić information content (AvgIpc) is 3.20. The first-order valence-electron chi connectivity index (χ1n) is 22.5. The smallest absolute Gasteiger partial charge is 0.311 e. The molecule has 0 spiro atoms. The quantitative estimate of drug-likeness (QED) is 0.259. The van der Waals surface area contributed by atoms with Crippen LogP contribution < -0.4 is 5.32 Å². The van der Waals surface area contributed by atoms with Crippen molar-refractivity contribution in [3.05, 3.63) is 48.2 Å². The maximum atomic E-state index is 14.7. The number of aliphatic hydroxyl groups excluding tert-OH is 1. The van der Waals surface area contributed by atoms with Gasteiger partial charge >= 0.3 is 5.97 Å². The number of rotatable bonds is 10. The Kier molecular flexibility index (Phi) is 17.3. The summed E-state index contributed by atoms with van der Waals surface area (Å²) in [5.41, 5.74) is -2.41. The van der Waals surface area contributed by atoms with Crippen LogP contribution in [0.1, 0.15) is 100 Å². The molecule has 0 radical (unpaired) electrons. The first-order valence-corrected chi connectivity index (χ1v) is 22.5. The fourth-order valence-electron chi connectivity index (χ4n) is 10.2. The van der Waals surface area contributed by atoms with Crippen molar-refractivity contribution >= 4 is 5.97 Å². The minimum absolute atomic E-state index is 0.0323. The van der Waals surface area contributed by atoms with E-state index >= 15 is 0 Å². The van der Waals surface area contributed by atoms with E-state index in [4.69, 9.17) is 42.6 Å². The Balaban J connectivity index is 1.59. The maximum Gasteiger partial charge on any atom is 0.311 e. The number of likely N-dealkylation sites (N-methyl/N-ethyl adjacent to an activating group) is 1. The zero-order valence-electron chi connectivity index (χ0n) is 39.1. The van der Waals surface area contributed by atoms with Crippen LogP contribution in [0.25, 0.3) is 0 Å². The minimum atomic E-state index is -1.59. The summed E-state index contributed by atoms with van der Waals surface area (Å²) in [6, 6.07) is 9.41.